The third-order valence-electron chi connectivity index (χ3n) is 2.20. The maximum atomic E-state index is 13.4. The Hall–Kier alpha value is -1.93. The van der Waals surface area contributed by atoms with E-state index in [0.29, 0.717) is 4.47 Å². The molecular weight excluding hydrogens is 304 g/mol. The minimum Gasteiger partial charge on any atom is -0.453 e. The molecule has 0 saturated carbocycles. The lowest BCUT2D eigenvalue weighted by molar-refractivity contribution is 0.415. The molecule has 0 spiro atoms. The SMILES string of the molecule is N#Cc1cc(Br)ccc1Oc1cccc(F)c1F. The molecule has 0 heterocycles. The van der Waals surface area contributed by atoms with Crippen molar-refractivity contribution in [1.29, 1.82) is 5.26 Å². The topological polar surface area (TPSA) is 33.0 Å². The van der Waals surface area contributed by atoms with Gasteiger partial charge in [0.1, 0.15) is 11.8 Å². The highest BCUT2D eigenvalue weighted by atomic mass is 79.9. The van der Waals surface area contributed by atoms with E-state index < -0.39 is 11.6 Å². The summed E-state index contributed by atoms with van der Waals surface area (Å²) in [7, 11) is 0. The fraction of sp³-hybridized carbons (Fsp3) is 0. The molecule has 0 radical (unpaired) electrons. The van der Waals surface area contributed by atoms with E-state index in [0.717, 1.165) is 6.07 Å². The summed E-state index contributed by atoms with van der Waals surface area (Å²) in [5.74, 6) is -2.16. The number of nitriles is 1. The molecule has 2 aromatic carbocycles. The minimum absolute atomic E-state index is 0.171. The molecule has 0 aliphatic heterocycles. The van der Waals surface area contributed by atoms with E-state index in [4.69, 9.17) is 10.00 Å². The van der Waals surface area contributed by atoms with Gasteiger partial charge < -0.3 is 4.74 Å². The molecule has 0 saturated heterocycles. The first-order valence-corrected chi connectivity index (χ1v) is 5.72. The molecule has 2 nitrogen and oxygen atoms in total. The second-order valence-corrected chi connectivity index (χ2v) is 4.32. The molecule has 18 heavy (non-hydrogen) atoms. The lowest BCUT2D eigenvalue weighted by Crippen LogP contribution is -1.93. The van der Waals surface area contributed by atoms with Crippen molar-refractivity contribution in [1.82, 2.24) is 0 Å². The normalized spacial score (nSPS) is 9.89. The van der Waals surface area contributed by atoms with E-state index >= 15 is 0 Å². The van der Waals surface area contributed by atoms with Gasteiger partial charge in [0, 0.05) is 4.47 Å². The maximum absolute atomic E-state index is 13.4. The van der Waals surface area contributed by atoms with Gasteiger partial charge in [0.15, 0.2) is 11.6 Å². The van der Waals surface area contributed by atoms with Gasteiger partial charge in [-0.1, -0.05) is 22.0 Å². The zero-order chi connectivity index (χ0) is 13.1. The molecule has 0 fully saturated rings. The van der Waals surface area contributed by atoms with Gasteiger partial charge in [-0.25, -0.2) is 4.39 Å². The zero-order valence-corrected chi connectivity index (χ0v) is 10.5. The molecule has 2 aromatic rings. The van der Waals surface area contributed by atoms with Gasteiger partial charge in [-0.3, -0.25) is 0 Å². The van der Waals surface area contributed by atoms with Gasteiger partial charge in [0.2, 0.25) is 5.82 Å². The maximum Gasteiger partial charge on any atom is 0.201 e. The highest BCUT2D eigenvalue weighted by Crippen LogP contribution is 2.29. The summed E-state index contributed by atoms with van der Waals surface area (Å²) in [6.07, 6.45) is 0. The number of rotatable bonds is 2. The molecule has 0 bridgehead atoms. The standard InChI is InChI=1S/C13H6BrF2NO/c14-9-4-5-11(8(6-9)7-17)18-12-3-1-2-10(15)13(12)16/h1-6H. The van der Waals surface area contributed by atoms with Crippen LogP contribution in [-0.4, -0.2) is 0 Å². The van der Waals surface area contributed by atoms with Crippen molar-refractivity contribution in [3.05, 3.63) is 58.1 Å². The van der Waals surface area contributed by atoms with Gasteiger partial charge in [-0.05, 0) is 30.3 Å². The molecule has 0 aliphatic carbocycles. The predicted molar refractivity (Wildman–Crippen MR) is 65.3 cm³/mol. The first kappa shape index (κ1) is 12.5. The van der Waals surface area contributed by atoms with Gasteiger partial charge in [-0.2, -0.15) is 9.65 Å². The fourth-order valence-electron chi connectivity index (χ4n) is 1.36. The van der Waals surface area contributed by atoms with Crippen LogP contribution in [0.2, 0.25) is 0 Å². The quantitative estimate of drug-likeness (QED) is 0.824. The highest BCUT2D eigenvalue weighted by Gasteiger charge is 2.12. The zero-order valence-electron chi connectivity index (χ0n) is 8.95. The Kier molecular flexibility index (Phi) is 3.58. The highest BCUT2D eigenvalue weighted by molar-refractivity contribution is 9.10. The Labute approximate surface area is 111 Å². The first-order chi connectivity index (χ1) is 8.61. The van der Waals surface area contributed by atoms with Crippen molar-refractivity contribution < 1.29 is 13.5 Å². The van der Waals surface area contributed by atoms with Crippen LogP contribution in [0.5, 0.6) is 11.5 Å². The number of benzene rings is 2. The molecular formula is C13H6BrF2NO. The summed E-state index contributed by atoms with van der Waals surface area (Å²) in [5.41, 5.74) is 0.230. The number of hydrogen-bond acceptors (Lipinski definition) is 2. The second-order valence-electron chi connectivity index (χ2n) is 3.41. The number of nitrogens with zero attached hydrogens (tertiary/aromatic N) is 1. The predicted octanol–water partition coefficient (Wildman–Crippen LogP) is 4.39. The van der Waals surface area contributed by atoms with E-state index in [1.165, 1.54) is 24.3 Å². The van der Waals surface area contributed by atoms with E-state index in [1.807, 2.05) is 6.07 Å². The van der Waals surface area contributed by atoms with E-state index in [9.17, 15) is 8.78 Å². The largest absolute Gasteiger partial charge is 0.453 e. The van der Waals surface area contributed by atoms with Crippen LogP contribution in [0, 0.1) is 23.0 Å². The number of halogens is 3. The van der Waals surface area contributed by atoms with Gasteiger partial charge in [-0.15, -0.1) is 0 Å². The minimum atomic E-state index is -1.08. The summed E-state index contributed by atoms with van der Waals surface area (Å²) >= 11 is 3.21. The van der Waals surface area contributed by atoms with Gasteiger partial charge in [0.25, 0.3) is 0 Å². The summed E-state index contributed by atoms with van der Waals surface area (Å²) in [6.45, 7) is 0. The third-order valence-corrected chi connectivity index (χ3v) is 2.69. The number of hydrogen-bond donors (Lipinski definition) is 0. The van der Waals surface area contributed by atoms with Crippen LogP contribution in [0.4, 0.5) is 8.78 Å². The lowest BCUT2D eigenvalue weighted by Gasteiger charge is -2.08. The molecule has 90 valence electrons. The smallest absolute Gasteiger partial charge is 0.201 e. The Balaban J connectivity index is 2.41. The summed E-state index contributed by atoms with van der Waals surface area (Å²) in [4.78, 5) is 0. The van der Waals surface area contributed by atoms with Gasteiger partial charge >= 0.3 is 0 Å². The molecule has 0 N–H and O–H groups in total. The van der Waals surface area contributed by atoms with Crippen molar-refractivity contribution in [3.8, 4) is 17.6 Å². The fourth-order valence-corrected chi connectivity index (χ4v) is 1.72. The van der Waals surface area contributed by atoms with Crippen LogP contribution in [0.3, 0.4) is 0 Å². The van der Waals surface area contributed by atoms with Crippen LogP contribution >= 0.6 is 15.9 Å². The van der Waals surface area contributed by atoms with Crippen LogP contribution in [-0.2, 0) is 0 Å². The van der Waals surface area contributed by atoms with Crippen molar-refractivity contribution >= 4 is 15.9 Å². The van der Waals surface area contributed by atoms with Crippen LogP contribution in [0.1, 0.15) is 5.56 Å². The lowest BCUT2D eigenvalue weighted by atomic mass is 10.2. The van der Waals surface area contributed by atoms with E-state index in [-0.39, 0.29) is 17.1 Å². The van der Waals surface area contributed by atoms with E-state index in [1.54, 1.807) is 6.07 Å². The average Bonchev–Trinajstić information content (AvgIpc) is 2.37. The van der Waals surface area contributed by atoms with E-state index in [2.05, 4.69) is 15.9 Å². The summed E-state index contributed by atoms with van der Waals surface area (Å²) in [6, 6.07) is 10.2. The van der Waals surface area contributed by atoms with Crippen molar-refractivity contribution in [3.63, 3.8) is 0 Å². The van der Waals surface area contributed by atoms with Crippen molar-refractivity contribution in [2.45, 2.75) is 0 Å². The summed E-state index contributed by atoms with van der Waals surface area (Å²) < 4.78 is 32.3. The Morgan fingerprint density at radius 1 is 1.11 bits per heavy atom. The summed E-state index contributed by atoms with van der Waals surface area (Å²) in [5, 5.41) is 8.93. The Bertz CT molecular complexity index is 637. The average molecular weight is 310 g/mol. The Morgan fingerprint density at radius 3 is 2.61 bits per heavy atom. The molecule has 0 aromatic heterocycles. The Morgan fingerprint density at radius 2 is 1.89 bits per heavy atom. The molecule has 0 aliphatic rings. The molecule has 2 rings (SSSR count). The van der Waals surface area contributed by atoms with Crippen LogP contribution < -0.4 is 4.74 Å². The molecule has 5 heteroatoms. The van der Waals surface area contributed by atoms with Crippen LogP contribution in [0.25, 0.3) is 0 Å². The molecule has 0 amide bonds. The van der Waals surface area contributed by atoms with Crippen LogP contribution in [0.15, 0.2) is 40.9 Å². The first-order valence-electron chi connectivity index (χ1n) is 4.93. The molecule has 0 unspecified atom stereocenters. The third kappa shape index (κ3) is 2.49. The monoisotopic (exact) mass is 309 g/mol. The van der Waals surface area contributed by atoms with Crippen molar-refractivity contribution in [2.24, 2.45) is 0 Å². The van der Waals surface area contributed by atoms with Gasteiger partial charge in [0.05, 0.1) is 5.56 Å². The van der Waals surface area contributed by atoms with Crippen molar-refractivity contribution in [2.75, 3.05) is 0 Å². The second kappa shape index (κ2) is 5.15. The number of ether oxygens (including phenoxy) is 1. The molecule has 0 atom stereocenters.